The maximum atomic E-state index is 10.5. The Morgan fingerprint density at radius 1 is 1.38 bits per heavy atom. The van der Waals surface area contributed by atoms with E-state index in [0.29, 0.717) is 12.2 Å². The number of benzene rings is 1. The van der Waals surface area contributed by atoms with Crippen molar-refractivity contribution in [2.75, 3.05) is 0 Å². The summed E-state index contributed by atoms with van der Waals surface area (Å²) in [6, 6.07) is 9.66. The van der Waals surface area contributed by atoms with Gasteiger partial charge in [-0.1, -0.05) is 18.2 Å². The minimum Gasteiger partial charge on any atom is -0.458 e. The lowest BCUT2D eigenvalue weighted by molar-refractivity contribution is 0.150. The van der Waals surface area contributed by atoms with Crippen molar-refractivity contribution in [3.8, 4) is 0 Å². The lowest BCUT2D eigenvalue weighted by Gasteiger charge is -2.10. The number of hydrogen-bond acceptors (Lipinski definition) is 3. The molecule has 1 atom stereocenters. The predicted octanol–water partition coefficient (Wildman–Crippen LogP) is 4.00. The van der Waals surface area contributed by atoms with Gasteiger partial charge in [-0.3, -0.25) is 4.68 Å². The van der Waals surface area contributed by atoms with Crippen molar-refractivity contribution in [2.45, 2.75) is 32.9 Å². The van der Waals surface area contributed by atoms with Crippen LogP contribution in [0.3, 0.4) is 0 Å². The molecule has 0 amide bonds. The molecule has 0 aliphatic carbocycles. The van der Waals surface area contributed by atoms with Crippen molar-refractivity contribution in [2.24, 2.45) is 0 Å². The van der Waals surface area contributed by atoms with Crippen molar-refractivity contribution < 1.29 is 9.52 Å². The van der Waals surface area contributed by atoms with Crippen LogP contribution in [-0.2, 0) is 13.0 Å². The van der Waals surface area contributed by atoms with Gasteiger partial charge in [-0.05, 0) is 41.9 Å². The Labute approximate surface area is 131 Å². The lowest BCUT2D eigenvalue weighted by Crippen LogP contribution is -2.08. The second-order valence-electron chi connectivity index (χ2n) is 5.07. The van der Waals surface area contributed by atoms with Crippen LogP contribution < -0.4 is 0 Å². The summed E-state index contributed by atoms with van der Waals surface area (Å²) in [6.07, 6.45) is -0.218. The highest BCUT2D eigenvalue weighted by Crippen LogP contribution is 2.29. The summed E-state index contributed by atoms with van der Waals surface area (Å²) in [5.74, 6) is 0.588. The molecule has 0 bridgehead atoms. The largest absolute Gasteiger partial charge is 0.458 e. The average Bonchev–Trinajstić information content (AvgIpc) is 3.03. The topological polar surface area (TPSA) is 51.2 Å². The highest BCUT2D eigenvalue weighted by molar-refractivity contribution is 9.10. The van der Waals surface area contributed by atoms with Gasteiger partial charge in [-0.25, -0.2) is 0 Å². The molecule has 0 fully saturated rings. The van der Waals surface area contributed by atoms with E-state index >= 15 is 0 Å². The number of para-hydroxylation sites is 1. The Balaban J connectivity index is 1.91. The molecular formula is C16H17BrN2O2. The van der Waals surface area contributed by atoms with E-state index in [4.69, 9.17) is 4.42 Å². The molecule has 0 aliphatic rings. The van der Waals surface area contributed by atoms with Crippen molar-refractivity contribution in [3.63, 3.8) is 0 Å². The molecule has 0 saturated heterocycles. The molecule has 21 heavy (non-hydrogen) atoms. The average molecular weight is 349 g/mol. The first-order valence-electron chi connectivity index (χ1n) is 6.98. The molecule has 1 unspecified atom stereocenters. The number of furan rings is 1. The van der Waals surface area contributed by atoms with Gasteiger partial charge in [-0.2, -0.15) is 5.10 Å². The number of hydrogen-bond donors (Lipinski definition) is 1. The summed E-state index contributed by atoms with van der Waals surface area (Å²) >= 11 is 3.55. The Bertz CT molecular complexity index is 743. The van der Waals surface area contributed by atoms with E-state index in [1.165, 1.54) is 0 Å². The van der Waals surface area contributed by atoms with Crippen LogP contribution in [0.25, 0.3) is 11.0 Å². The molecule has 4 nitrogen and oxygen atoms in total. The van der Waals surface area contributed by atoms with E-state index in [9.17, 15) is 5.11 Å². The molecule has 1 N–H and O–H groups in total. The molecule has 110 valence electrons. The van der Waals surface area contributed by atoms with Crippen LogP contribution >= 0.6 is 15.9 Å². The maximum absolute atomic E-state index is 10.5. The van der Waals surface area contributed by atoms with Crippen LogP contribution in [0, 0.1) is 6.92 Å². The van der Waals surface area contributed by atoms with Gasteiger partial charge in [0.05, 0.1) is 15.9 Å². The minimum atomic E-state index is -0.685. The number of halogens is 1. The molecule has 5 heteroatoms. The van der Waals surface area contributed by atoms with Crippen LogP contribution in [0.4, 0.5) is 0 Å². The number of rotatable bonds is 4. The van der Waals surface area contributed by atoms with E-state index in [0.717, 1.165) is 33.4 Å². The second kappa shape index (κ2) is 5.66. The molecular weight excluding hydrogens is 332 g/mol. The quantitative estimate of drug-likeness (QED) is 0.775. The van der Waals surface area contributed by atoms with E-state index < -0.39 is 6.10 Å². The van der Waals surface area contributed by atoms with Crippen LogP contribution in [0.1, 0.15) is 30.2 Å². The molecule has 0 aliphatic heterocycles. The number of aryl methyl sites for hydroxylation is 2. The molecule has 3 aromatic rings. The summed E-state index contributed by atoms with van der Waals surface area (Å²) < 4.78 is 8.59. The lowest BCUT2D eigenvalue weighted by atomic mass is 10.1. The van der Waals surface area contributed by atoms with Gasteiger partial charge in [0.25, 0.3) is 0 Å². The third-order valence-electron chi connectivity index (χ3n) is 3.61. The number of fused-ring (bicyclic) bond motifs is 1. The Morgan fingerprint density at radius 3 is 2.86 bits per heavy atom. The molecule has 2 heterocycles. The van der Waals surface area contributed by atoms with Crippen LogP contribution in [-0.4, -0.2) is 14.9 Å². The van der Waals surface area contributed by atoms with E-state index in [1.54, 1.807) is 0 Å². The predicted molar refractivity (Wildman–Crippen MR) is 85.2 cm³/mol. The SMILES string of the molecule is CCn1nc(C)c(Br)c1CC(O)c1cc2ccccc2o1. The van der Waals surface area contributed by atoms with Crippen LogP contribution in [0.2, 0.25) is 0 Å². The van der Waals surface area contributed by atoms with Gasteiger partial charge < -0.3 is 9.52 Å². The number of nitrogens with zero attached hydrogens (tertiary/aromatic N) is 2. The van der Waals surface area contributed by atoms with Gasteiger partial charge in [0, 0.05) is 18.4 Å². The summed E-state index contributed by atoms with van der Waals surface area (Å²) in [7, 11) is 0. The molecule has 2 aromatic heterocycles. The number of aromatic nitrogens is 2. The first-order valence-corrected chi connectivity index (χ1v) is 7.77. The molecule has 0 radical (unpaired) electrons. The summed E-state index contributed by atoms with van der Waals surface area (Å²) in [6.45, 7) is 4.76. The van der Waals surface area contributed by atoms with E-state index in [2.05, 4.69) is 21.0 Å². The van der Waals surface area contributed by atoms with Crippen molar-refractivity contribution in [3.05, 3.63) is 52.0 Å². The third-order valence-corrected chi connectivity index (χ3v) is 4.64. The maximum Gasteiger partial charge on any atom is 0.134 e. The smallest absolute Gasteiger partial charge is 0.134 e. The molecule has 3 rings (SSSR count). The van der Waals surface area contributed by atoms with E-state index in [-0.39, 0.29) is 0 Å². The van der Waals surface area contributed by atoms with Gasteiger partial charge in [0.2, 0.25) is 0 Å². The van der Waals surface area contributed by atoms with Gasteiger partial charge >= 0.3 is 0 Å². The van der Waals surface area contributed by atoms with Crippen molar-refractivity contribution >= 4 is 26.9 Å². The fraction of sp³-hybridized carbons (Fsp3) is 0.312. The zero-order valence-electron chi connectivity index (χ0n) is 12.0. The zero-order chi connectivity index (χ0) is 15.0. The highest BCUT2D eigenvalue weighted by Gasteiger charge is 2.19. The Morgan fingerprint density at radius 2 is 2.14 bits per heavy atom. The van der Waals surface area contributed by atoms with E-state index in [1.807, 2.05) is 48.9 Å². The van der Waals surface area contributed by atoms with Crippen molar-refractivity contribution in [1.82, 2.24) is 9.78 Å². The second-order valence-corrected chi connectivity index (χ2v) is 5.86. The molecule has 1 aromatic carbocycles. The minimum absolute atomic E-state index is 0.467. The molecule has 0 spiro atoms. The monoisotopic (exact) mass is 348 g/mol. The fourth-order valence-electron chi connectivity index (χ4n) is 2.51. The fourth-order valence-corrected chi connectivity index (χ4v) is 2.96. The first kappa shape index (κ1) is 14.4. The van der Waals surface area contributed by atoms with Gasteiger partial charge in [0.1, 0.15) is 17.4 Å². The van der Waals surface area contributed by atoms with Crippen LogP contribution in [0.5, 0.6) is 0 Å². The number of aliphatic hydroxyl groups is 1. The molecule has 0 saturated carbocycles. The standard InChI is InChI=1S/C16H17BrN2O2/c1-3-19-12(16(17)10(2)18-19)9-13(20)15-8-11-6-4-5-7-14(11)21-15/h4-8,13,20H,3,9H2,1-2H3. The zero-order valence-corrected chi connectivity index (χ0v) is 13.6. The highest BCUT2D eigenvalue weighted by atomic mass is 79.9. The van der Waals surface area contributed by atoms with Crippen molar-refractivity contribution in [1.29, 1.82) is 0 Å². The Kier molecular flexibility index (Phi) is 3.87. The normalized spacial score (nSPS) is 13.0. The van der Waals surface area contributed by atoms with Crippen LogP contribution in [0.15, 0.2) is 39.2 Å². The third kappa shape index (κ3) is 2.63. The number of aliphatic hydroxyl groups excluding tert-OH is 1. The summed E-state index contributed by atoms with van der Waals surface area (Å²) in [5.41, 5.74) is 2.72. The first-order chi connectivity index (χ1) is 10.1. The summed E-state index contributed by atoms with van der Waals surface area (Å²) in [4.78, 5) is 0. The Hall–Kier alpha value is -1.59. The van der Waals surface area contributed by atoms with Gasteiger partial charge in [-0.15, -0.1) is 0 Å². The summed E-state index contributed by atoms with van der Waals surface area (Å²) in [5, 5.41) is 15.9. The van der Waals surface area contributed by atoms with Gasteiger partial charge in [0.15, 0.2) is 0 Å².